The molecule has 4 nitrogen and oxygen atoms in total. The highest BCUT2D eigenvalue weighted by Gasteiger charge is 2.27. The van der Waals surface area contributed by atoms with E-state index in [1.54, 1.807) is 14.2 Å². The van der Waals surface area contributed by atoms with Crippen molar-refractivity contribution in [1.82, 2.24) is 10.2 Å². The van der Waals surface area contributed by atoms with Gasteiger partial charge < -0.3 is 14.8 Å². The van der Waals surface area contributed by atoms with Crippen LogP contribution in [0.2, 0.25) is 5.02 Å². The van der Waals surface area contributed by atoms with Crippen molar-refractivity contribution in [3.63, 3.8) is 0 Å². The molecule has 1 aliphatic rings. The molecule has 1 unspecified atom stereocenters. The lowest BCUT2D eigenvalue weighted by Crippen LogP contribution is -2.45. The van der Waals surface area contributed by atoms with E-state index in [0.717, 1.165) is 53.8 Å². The first kappa shape index (κ1) is 17.1. The summed E-state index contributed by atoms with van der Waals surface area (Å²) < 4.78 is 11.1. The van der Waals surface area contributed by atoms with E-state index in [2.05, 4.69) is 22.3 Å². The fourth-order valence-electron chi connectivity index (χ4n) is 3.26. The molecule has 0 saturated carbocycles. The summed E-state index contributed by atoms with van der Waals surface area (Å²) in [7, 11) is 3.39. The molecule has 5 heteroatoms. The Bertz CT molecular complexity index is 687. The molecule has 1 aliphatic heterocycles. The number of hydrogen-bond donors (Lipinski definition) is 1. The molecule has 1 N–H and O–H groups in total. The molecule has 0 aromatic heterocycles. The molecule has 0 bridgehead atoms. The topological polar surface area (TPSA) is 33.7 Å². The molecule has 24 heavy (non-hydrogen) atoms. The highest BCUT2D eigenvalue weighted by molar-refractivity contribution is 6.30. The minimum atomic E-state index is 0.0795. The van der Waals surface area contributed by atoms with Crippen LogP contribution in [0.1, 0.15) is 17.2 Å². The average Bonchev–Trinajstić information content (AvgIpc) is 2.63. The van der Waals surface area contributed by atoms with Crippen LogP contribution in [0.4, 0.5) is 0 Å². The largest absolute Gasteiger partial charge is 0.497 e. The Balaban J connectivity index is 2.10. The molecular formula is C19H23ClN2O2. The Morgan fingerprint density at radius 1 is 1.04 bits per heavy atom. The van der Waals surface area contributed by atoms with Crippen LogP contribution in [0, 0.1) is 0 Å². The molecule has 2 aromatic carbocycles. The van der Waals surface area contributed by atoms with Gasteiger partial charge in [0.15, 0.2) is 0 Å². The lowest BCUT2D eigenvalue weighted by Gasteiger charge is -2.36. The Morgan fingerprint density at radius 3 is 2.50 bits per heavy atom. The van der Waals surface area contributed by atoms with Gasteiger partial charge in [-0.15, -0.1) is 0 Å². The zero-order valence-corrected chi connectivity index (χ0v) is 14.8. The van der Waals surface area contributed by atoms with Crippen LogP contribution in [0.3, 0.4) is 0 Å². The Hall–Kier alpha value is -1.75. The Labute approximate surface area is 148 Å². The number of methoxy groups -OCH3 is 2. The van der Waals surface area contributed by atoms with Gasteiger partial charge in [0.2, 0.25) is 0 Å². The lowest BCUT2D eigenvalue weighted by molar-refractivity contribution is 0.195. The van der Waals surface area contributed by atoms with Gasteiger partial charge in [-0.3, -0.25) is 4.90 Å². The van der Waals surface area contributed by atoms with E-state index in [1.165, 1.54) is 0 Å². The van der Waals surface area contributed by atoms with Crippen molar-refractivity contribution in [3.05, 3.63) is 58.6 Å². The summed E-state index contributed by atoms with van der Waals surface area (Å²) in [4.78, 5) is 2.46. The van der Waals surface area contributed by atoms with Crippen molar-refractivity contribution < 1.29 is 9.47 Å². The summed E-state index contributed by atoms with van der Waals surface area (Å²) in [6, 6.07) is 14.1. The minimum Gasteiger partial charge on any atom is -0.497 e. The van der Waals surface area contributed by atoms with Gasteiger partial charge in [-0.2, -0.15) is 0 Å². The monoisotopic (exact) mass is 346 g/mol. The molecule has 0 spiro atoms. The van der Waals surface area contributed by atoms with Crippen LogP contribution in [0.25, 0.3) is 0 Å². The molecule has 3 rings (SSSR count). The zero-order chi connectivity index (χ0) is 16.9. The van der Waals surface area contributed by atoms with Gasteiger partial charge in [0.25, 0.3) is 0 Å². The quantitative estimate of drug-likeness (QED) is 0.900. The van der Waals surface area contributed by atoms with Crippen molar-refractivity contribution in [2.75, 3.05) is 40.4 Å². The van der Waals surface area contributed by atoms with E-state index in [-0.39, 0.29) is 6.04 Å². The first-order chi connectivity index (χ1) is 11.7. The molecule has 0 radical (unpaired) electrons. The van der Waals surface area contributed by atoms with Gasteiger partial charge in [-0.25, -0.2) is 0 Å². The van der Waals surface area contributed by atoms with E-state index >= 15 is 0 Å². The van der Waals surface area contributed by atoms with Crippen LogP contribution in [0.5, 0.6) is 11.5 Å². The molecule has 128 valence electrons. The van der Waals surface area contributed by atoms with Gasteiger partial charge in [-0.05, 0) is 35.9 Å². The summed E-state index contributed by atoms with van der Waals surface area (Å²) in [5, 5.41) is 4.16. The van der Waals surface area contributed by atoms with Gasteiger partial charge in [0.1, 0.15) is 11.5 Å². The third kappa shape index (κ3) is 3.66. The second kappa shape index (κ2) is 7.88. The standard InChI is InChI=1S/C19H23ClN2O2/c1-23-16-6-7-18(24-2)17(13-16)19(22-10-8-21-9-11-22)14-4-3-5-15(20)12-14/h3-7,12-13,19,21H,8-11H2,1-2H3. The Morgan fingerprint density at radius 2 is 1.83 bits per heavy atom. The average molecular weight is 347 g/mol. The summed E-state index contributed by atoms with van der Waals surface area (Å²) in [5.41, 5.74) is 2.26. The predicted octanol–water partition coefficient (Wildman–Crippen LogP) is 3.35. The number of piperazine rings is 1. The van der Waals surface area contributed by atoms with E-state index in [9.17, 15) is 0 Å². The maximum Gasteiger partial charge on any atom is 0.124 e. The van der Waals surface area contributed by atoms with Crippen molar-refractivity contribution in [2.24, 2.45) is 0 Å². The summed E-state index contributed by atoms with van der Waals surface area (Å²) in [6.45, 7) is 3.89. The first-order valence-electron chi connectivity index (χ1n) is 8.15. The maximum absolute atomic E-state index is 6.26. The third-order valence-corrected chi connectivity index (χ3v) is 4.65. The second-order valence-electron chi connectivity index (χ2n) is 5.85. The normalized spacial score (nSPS) is 16.6. The van der Waals surface area contributed by atoms with Gasteiger partial charge in [0.05, 0.1) is 20.3 Å². The fraction of sp³-hybridized carbons (Fsp3) is 0.368. The summed E-state index contributed by atoms with van der Waals surface area (Å²) in [5.74, 6) is 1.69. The van der Waals surface area contributed by atoms with Crippen molar-refractivity contribution in [2.45, 2.75) is 6.04 Å². The molecular weight excluding hydrogens is 324 g/mol. The van der Waals surface area contributed by atoms with Crippen molar-refractivity contribution in [1.29, 1.82) is 0 Å². The number of nitrogens with one attached hydrogen (secondary N) is 1. The van der Waals surface area contributed by atoms with Crippen LogP contribution in [0.15, 0.2) is 42.5 Å². The summed E-state index contributed by atoms with van der Waals surface area (Å²) in [6.07, 6.45) is 0. The predicted molar refractivity (Wildman–Crippen MR) is 97.3 cm³/mol. The van der Waals surface area contributed by atoms with E-state index in [1.807, 2.05) is 30.3 Å². The van der Waals surface area contributed by atoms with E-state index < -0.39 is 0 Å². The number of hydrogen-bond acceptors (Lipinski definition) is 4. The molecule has 1 fully saturated rings. The lowest BCUT2D eigenvalue weighted by atomic mass is 9.95. The molecule has 1 heterocycles. The molecule has 0 aliphatic carbocycles. The van der Waals surface area contributed by atoms with Gasteiger partial charge >= 0.3 is 0 Å². The maximum atomic E-state index is 6.26. The SMILES string of the molecule is COc1ccc(OC)c(C(c2cccc(Cl)c2)N2CCNCC2)c1. The minimum absolute atomic E-state index is 0.0795. The number of benzene rings is 2. The smallest absolute Gasteiger partial charge is 0.124 e. The van der Waals surface area contributed by atoms with Gasteiger partial charge in [0, 0.05) is 36.8 Å². The molecule has 1 saturated heterocycles. The second-order valence-corrected chi connectivity index (χ2v) is 6.29. The van der Waals surface area contributed by atoms with Crippen molar-refractivity contribution in [3.8, 4) is 11.5 Å². The third-order valence-electron chi connectivity index (χ3n) is 4.41. The molecule has 2 aromatic rings. The van der Waals surface area contributed by atoms with Crippen LogP contribution in [-0.2, 0) is 0 Å². The highest BCUT2D eigenvalue weighted by atomic mass is 35.5. The molecule has 0 amide bonds. The highest BCUT2D eigenvalue weighted by Crippen LogP contribution is 2.37. The number of ether oxygens (including phenoxy) is 2. The van der Waals surface area contributed by atoms with E-state index in [4.69, 9.17) is 21.1 Å². The van der Waals surface area contributed by atoms with Crippen LogP contribution < -0.4 is 14.8 Å². The first-order valence-corrected chi connectivity index (χ1v) is 8.53. The van der Waals surface area contributed by atoms with Gasteiger partial charge in [-0.1, -0.05) is 23.7 Å². The number of halogens is 1. The number of rotatable bonds is 5. The van der Waals surface area contributed by atoms with E-state index in [0.29, 0.717) is 0 Å². The zero-order valence-electron chi connectivity index (χ0n) is 14.1. The summed E-state index contributed by atoms with van der Waals surface area (Å²) >= 11 is 6.26. The van der Waals surface area contributed by atoms with Crippen LogP contribution >= 0.6 is 11.6 Å². The van der Waals surface area contributed by atoms with Crippen molar-refractivity contribution >= 4 is 11.6 Å². The molecule has 1 atom stereocenters. The Kier molecular flexibility index (Phi) is 5.61. The fourth-order valence-corrected chi connectivity index (χ4v) is 3.46. The van der Waals surface area contributed by atoms with Crippen LogP contribution in [-0.4, -0.2) is 45.3 Å². The number of nitrogens with zero attached hydrogens (tertiary/aromatic N) is 1.